The highest BCUT2D eigenvalue weighted by molar-refractivity contribution is 7.89. The van der Waals surface area contributed by atoms with E-state index >= 15 is 0 Å². The first kappa shape index (κ1) is 21.5. The molecule has 1 N–H and O–H groups in total. The first-order valence-corrected chi connectivity index (χ1v) is 11.8. The number of nitrogens with one attached hydrogen (secondary N) is 1. The number of carbonyl (C=O) groups is 1. The minimum absolute atomic E-state index is 0.145. The Hall–Kier alpha value is -2.78. The second-order valence-corrected chi connectivity index (χ2v) is 9.39. The molecule has 0 radical (unpaired) electrons. The Morgan fingerprint density at radius 2 is 1.87 bits per heavy atom. The lowest BCUT2D eigenvalue weighted by atomic mass is 9.98. The molecule has 8 nitrogen and oxygen atoms in total. The van der Waals surface area contributed by atoms with Crippen molar-refractivity contribution in [2.75, 3.05) is 38.2 Å². The summed E-state index contributed by atoms with van der Waals surface area (Å²) in [7, 11) is -3.68. The van der Waals surface area contributed by atoms with Crippen LogP contribution in [0.4, 0.5) is 5.69 Å². The number of sulfonamides is 1. The topological polar surface area (TPSA) is 94.2 Å². The summed E-state index contributed by atoms with van der Waals surface area (Å²) in [5.74, 6) is 1.22. The van der Waals surface area contributed by atoms with E-state index in [2.05, 4.69) is 5.32 Å². The van der Waals surface area contributed by atoms with Crippen LogP contribution in [0.15, 0.2) is 47.4 Å². The highest BCUT2D eigenvalue weighted by atomic mass is 32.2. The lowest BCUT2D eigenvalue weighted by Gasteiger charge is -2.31. The van der Waals surface area contributed by atoms with E-state index in [0.717, 1.165) is 0 Å². The maximum atomic E-state index is 13.1. The average Bonchev–Trinajstić information content (AvgIpc) is 2.79. The van der Waals surface area contributed by atoms with E-state index in [1.165, 1.54) is 4.31 Å². The summed E-state index contributed by atoms with van der Waals surface area (Å²) < 4.78 is 44.0. The molecule has 4 rings (SSSR count). The maximum Gasteiger partial charge on any atom is 0.243 e. The molecule has 31 heavy (non-hydrogen) atoms. The van der Waals surface area contributed by atoms with Crippen molar-refractivity contribution in [2.24, 2.45) is 5.92 Å². The number of carbonyl (C=O) groups excluding carboxylic acids is 1. The van der Waals surface area contributed by atoms with Gasteiger partial charge in [-0.15, -0.1) is 0 Å². The van der Waals surface area contributed by atoms with Crippen molar-refractivity contribution in [1.82, 2.24) is 4.31 Å². The molecule has 166 valence electrons. The molecule has 9 heteroatoms. The van der Waals surface area contributed by atoms with Gasteiger partial charge in [0.05, 0.1) is 17.4 Å². The molecule has 0 bridgehead atoms. The molecule has 2 aromatic carbocycles. The van der Waals surface area contributed by atoms with Crippen LogP contribution >= 0.6 is 0 Å². The molecular weight excluding hydrogens is 420 g/mol. The number of rotatable bonds is 6. The maximum absolute atomic E-state index is 13.1. The Kier molecular flexibility index (Phi) is 6.33. The highest BCUT2D eigenvalue weighted by Crippen LogP contribution is 2.33. The molecule has 1 amide bonds. The molecule has 0 aromatic heterocycles. The van der Waals surface area contributed by atoms with Crippen molar-refractivity contribution in [3.8, 4) is 17.2 Å². The van der Waals surface area contributed by atoms with E-state index in [1.54, 1.807) is 42.5 Å². The van der Waals surface area contributed by atoms with Gasteiger partial charge in [0.1, 0.15) is 19.0 Å². The lowest BCUT2D eigenvalue weighted by Crippen LogP contribution is -2.43. The zero-order valence-electron chi connectivity index (χ0n) is 17.4. The van der Waals surface area contributed by atoms with Gasteiger partial charge in [0.2, 0.25) is 15.9 Å². The summed E-state index contributed by atoms with van der Waals surface area (Å²) in [6, 6.07) is 11.6. The molecule has 2 heterocycles. The van der Waals surface area contributed by atoms with Gasteiger partial charge in [-0.3, -0.25) is 4.79 Å². The number of hydrogen-bond donors (Lipinski definition) is 1. The van der Waals surface area contributed by atoms with Crippen molar-refractivity contribution in [1.29, 1.82) is 0 Å². The van der Waals surface area contributed by atoms with E-state index in [0.29, 0.717) is 62.1 Å². The van der Waals surface area contributed by atoms with Crippen LogP contribution in [-0.2, 0) is 14.8 Å². The fraction of sp³-hybridized carbons (Fsp3) is 0.409. The molecule has 0 saturated carbocycles. The van der Waals surface area contributed by atoms with Gasteiger partial charge in [-0.05, 0) is 56.2 Å². The number of benzene rings is 2. The molecule has 1 saturated heterocycles. The zero-order chi connectivity index (χ0) is 21.8. The number of hydrogen-bond acceptors (Lipinski definition) is 6. The van der Waals surface area contributed by atoms with Crippen molar-refractivity contribution in [2.45, 2.75) is 24.7 Å². The smallest absolute Gasteiger partial charge is 0.243 e. The number of fused-ring (bicyclic) bond motifs is 1. The summed E-state index contributed by atoms with van der Waals surface area (Å²) in [5, 5.41) is 2.88. The van der Waals surface area contributed by atoms with Crippen LogP contribution in [0.25, 0.3) is 0 Å². The third-order valence-corrected chi connectivity index (χ3v) is 7.22. The molecule has 0 unspecified atom stereocenters. The quantitative estimate of drug-likeness (QED) is 0.733. The summed E-state index contributed by atoms with van der Waals surface area (Å²) in [4.78, 5) is 13.0. The molecule has 0 aliphatic carbocycles. The Balaban J connectivity index is 1.43. The van der Waals surface area contributed by atoms with Crippen LogP contribution in [0, 0.1) is 5.92 Å². The number of ether oxygens (including phenoxy) is 3. The summed E-state index contributed by atoms with van der Waals surface area (Å²) in [6.07, 6.45) is 1.25. The predicted molar refractivity (Wildman–Crippen MR) is 115 cm³/mol. The van der Waals surface area contributed by atoms with Crippen molar-refractivity contribution in [3.63, 3.8) is 0 Å². The van der Waals surface area contributed by atoms with E-state index in [-0.39, 0.29) is 17.3 Å². The van der Waals surface area contributed by atoms with E-state index < -0.39 is 15.9 Å². The van der Waals surface area contributed by atoms with Gasteiger partial charge in [-0.2, -0.15) is 4.31 Å². The zero-order valence-corrected chi connectivity index (χ0v) is 18.2. The first-order chi connectivity index (χ1) is 15.0. The highest BCUT2D eigenvalue weighted by Gasteiger charge is 2.33. The number of piperidine rings is 1. The standard InChI is InChI=1S/C22H26N2O6S/c1-2-28-18-6-8-19(9-7-18)31(26,27)24-11-3-4-16(15-24)22(25)23-17-5-10-20-21(14-17)30-13-12-29-20/h5-10,14,16H,2-4,11-13,15H2,1H3,(H,23,25)/t16-/m1/s1. The third kappa shape index (κ3) is 4.77. The largest absolute Gasteiger partial charge is 0.494 e. The SMILES string of the molecule is CCOc1ccc(S(=O)(=O)N2CCC[C@@H](C(=O)Nc3ccc4c(c3)OCCO4)C2)cc1. The number of anilines is 1. The van der Waals surface area contributed by atoms with Crippen LogP contribution in [-0.4, -0.2) is 51.5 Å². The second-order valence-electron chi connectivity index (χ2n) is 7.45. The average molecular weight is 447 g/mol. The van der Waals surface area contributed by atoms with Crippen molar-refractivity contribution < 1.29 is 27.4 Å². The monoisotopic (exact) mass is 446 g/mol. The normalized spacial score (nSPS) is 18.9. The lowest BCUT2D eigenvalue weighted by molar-refractivity contribution is -0.120. The molecular formula is C22H26N2O6S. The van der Waals surface area contributed by atoms with Crippen LogP contribution in [0.2, 0.25) is 0 Å². The molecule has 2 aromatic rings. The van der Waals surface area contributed by atoms with Crippen LogP contribution in [0.5, 0.6) is 17.2 Å². The Morgan fingerprint density at radius 3 is 2.61 bits per heavy atom. The fourth-order valence-corrected chi connectivity index (χ4v) is 5.29. The van der Waals surface area contributed by atoms with Crippen molar-refractivity contribution >= 4 is 21.6 Å². The fourth-order valence-electron chi connectivity index (χ4n) is 3.76. The van der Waals surface area contributed by atoms with Gasteiger partial charge in [-0.25, -0.2) is 8.42 Å². The van der Waals surface area contributed by atoms with Gasteiger partial charge in [0, 0.05) is 24.8 Å². The van der Waals surface area contributed by atoms with Crippen LogP contribution < -0.4 is 19.5 Å². The third-order valence-electron chi connectivity index (χ3n) is 5.34. The van der Waals surface area contributed by atoms with Gasteiger partial charge in [0.25, 0.3) is 0 Å². The minimum atomic E-state index is -3.68. The Labute approximate surface area is 182 Å². The molecule has 2 aliphatic rings. The first-order valence-electron chi connectivity index (χ1n) is 10.4. The molecule has 1 atom stereocenters. The van der Waals surface area contributed by atoms with E-state index in [1.807, 2.05) is 6.92 Å². The molecule has 0 spiro atoms. The van der Waals surface area contributed by atoms with Gasteiger partial charge >= 0.3 is 0 Å². The summed E-state index contributed by atoms with van der Waals surface area (Å²) in [6.45, 7) is 3.88. The van der Waals surface area contributed by atoms with Gasteiger partial charge in [0.15, 0.2) is 11.5 Å². The van der Waals surface area contributed by atoms with E-state index in [9.17, 15) is 13.2 Å². The van der Waals surface area contributed by atoms with Crippen LogP contribution in [0.1, 0.15) is 19.8 Å². The van der Waals surface area contributed by atoms with Gasteiger partial charge < -0.3 is 19.5 Å². The minimum Gasteiger partial charge on any atom is -0.494 e. The van der Waals surface area contributed by atoms with Gasteiger partial charge in [-0.1, -0.05) is 0 Å². The van der Waals surface area contributed by atoms with Crippen molar-refractivity contribution in [3.05, 3.63) is 42.5 Å². The molecule has 2 aliphatic heterocycles. The predicted octanol–water partition coefficient (Wildman–Crippen LogP) is 2.90. The summed E-state index contributed by atoms with van der Waals surface area (Å²) in [5.41, 5.74) is 0.598. The Bertz CT molecular complexity index is 1040. The summed E-state index contributed by atoms with van der Waals surface area (Å²) >= 11 is 0. The van der Waals surface area contributed by atoms with Crippen LogP contribution in [0.3, 0.4) is 0 Å². The molecule has 1 fully saturated rings. The second kappa shape index (κ2) is 9.15. The number of nitrogens with zero attached hydrogens (tertiary/aromatic N) is 1. The number of amides is 1. The Morgan fingerprint density at radius 1 is 1.13 bits per heavy atom. The van der Waals surface area contributed by atoms with E-state index in [4.69, 9.17) is 14.2 Å².